The van der Waals surface area contributed by atoms with Gasteiger partial charge in [0.25, 0.3) is 0 Å². The highest BCUT2D eigenvalue weighted by Crippen LogP contribution is 2.38. The molecule has 0 spiro atoms. The predicted molar refractivity (Wildman–Crippen MR) is 77.1 cm³/mol. The van der Waals surface area contributed by atoms with Crippen LogP contribution in [0.3, 0.4) is 0 Å². The number of pyridine rings is 1. The Bertz CT molecular complexity index is 608. The summed E-state index contributed by atoms with van der Waals surface area (Å²) in [4.78, 5) is 7.99. The summed E-state index contributed by atoms with van der Waals surface area (Å²) in [5.41, 5.74) is 0.720. The van der Waals surface area contributed by atoms with Gasteiger partial charge >= 0.3 is 6.18 Å². The average Bonchev–Trinajstić information content (AvgIpc) is 2.83. The van der Waals surface area contributed by atoms with Gasteiger partial charge in [0.15, 0.2) is 5.69 Å². The molecule has 0 atom stereocenters. The second-order valence-electron chi connectivity index (χ2n) is 4.66. The van der Waals surface area contributed by atoms with E-state index in [1.54, 1.807) is 18.5 Å². The Kier molecular flexibility index (Phi) is 4.95. The van der Waals surface area contributed by atoms with E-state index in [1.807, 2.05) is 13.8 Å². The summed E-state index contributed by atoms with van der Waals surface area (Å²) in [6.45, 7) is 4.64. The van der Waals surface area contributed by atoms with Crippen molar-refractivity contribution in [2.45, 2.75) is 33.0 Å². The fraction of sp³-hybridized carbons (Fsp3) is 0.429. The summed E-state index contributed by atoms with van der Waals surface area (Å²) in [7, 11) is 0. The summed E-state index contributed by atoms with van der Waals surface area (Å²) < 4.78 is 39.3. The van der Waals surface area contributed by atoms with E-state index < -0.39 is 11.9 Å². The first-order valence-corrected chi connectivity index (χ1v) is 7.43. The SMILES string of the molecule is CCCNCc1sc(-c2ccncc2C)nc1C(F)(F)F. The molecule has 0 unspecified atom stereocenters. The number of hydrogen-bond donors (Lipinski definition) is 1. The first-order valence-electron chi connectivity index (χ1n) is 6.62. The van der Waals surface area contributed by atoms with Crippen molar-refractivity contribution in [1.82, 2.24) is 15.3 Å². The molecule has 0 saturated heterocycles. The lowest BCUT2D eigenvalue weighted by Crippen LogP contribution is -2.17. The Morgan fingerprint density at radius 1 is 1.33 bits per heavy atom. The van der Waals surface area contributed by atoms with E-state index >= 15 is 0 Å². The molecule has 3 nitrogen and oxygen atoms in total. The Morgan fingerprint density at radius 3 is 2.71 bits per heavy atom. The molecular formula is C14H16F3N3S. The highest BCUT2D eigenvalue weighted by Gasteiger charge is 2.37. The summed E-state index contributed by atoms with van der Waals surface area (Å²) in [6, 6.07) is 1.69. The third kappa shape index (κ3) is 3.79. The smallest absolute Gasteiger partial charge is 0.312 e. The van der Waals surface area contributed by atoms with Crippen molar-refractivity contribution >= 4 is 11.3 Å². The van der Waals surface area contributed by atoms with Gasteiger partial charge in [0.05, 0.1) is 4.88 Å². The van der Waals surface area contributed by atoms with Crippen molar-refractivity contribution in [1.29, 1.82) is 0 Å². The Hall–Kier alpha value is -1.47. The third-order valence-corrected chi connectivity index (χ3v) is 4.02. The minimum atomic E-state index is -4.43. The molecule has 0 radical (unpaired) electrons. The minimum absolute atomic E-state index is 0.185. The maximum Gasteiger partial charge on any atom is 0.434 e. The Labute approximate surface area is 125 Å². The van der Waals surface area contributed by atoms with Gasteiger partial charge in [-0.15, -0.1) is 11.3 Å². The molecule has 0 aliphatic heterocycles. The van der Waals surface area contributed by atoms with E-state index in [2.05, 4.69) is 15.3 Å². The fourth-order valence-corrected chi connectivity index (χ4v) is 3.04. The zero-order valence-electron chi connectivity index (χ0n) is 11.8. The molecule has 2 aromatic rings. The predicted octanol–water partition coefficient (Wildman–Crippen LogP) is 4.03. The van der Waals surface area contributed by atoms with Crippen LogP contribution in [0.25, 0.3) is 10.6 Å². The largest absolute Gasteiger partial charge is 0.434 e. The molecule has 1 N–H and O–H groups in total. The number of alkyl halides is 3. The van der Waals surface area contributed by atoms with Crippen LogP contribution in [0.4, 0.5) is 13.2 Å². The highest BCUT2D eigenvalue weighted by atomic mass is 32.1. The van der Waals surface area contributed by atoms with Gasteiger partial charge in [0.1, 0.15) is 5.01 Å². The number of nitrogens with zero attached hydrogens (tertiary/aromatic N) is 2. The second kappa shape index (κ2) is 6.53. The van der Waals surface area contributed by atoms with Gasteiger partial charge in [-0.25, -0.2) is 4.98 Å². The molecule has 114 valence electrons. The van der Waals surface area contributed by atoms with Crippen LogP contribution >= 0.6 is 11.3 Å². The van der Waals surface area contributed by atoms with Crippen molar-refractivity contribution in [3.05, 3.63) is 34.6 Å². The van der Waals surface area contributed by atoms with Crippen molar-refractivity contribution < 1.29 is 13.2 Å². The fourth-order valence-electron chi connectivity index (χ4n) is 1.90. The molecule has 0 amide bonds. The summed E-state index contributed by atoms with van der Waals surface area (Å²) in [6.07, 6.45) is -0.375. The van der Waals surface area contributed by atoms with E-state index in [4.69, 9.17) is 0 Å². The van der Waals surface area contributed by atoms with Gasteiger partial charge in [-0.3, -0.25) is 4.98 Å². The summed E-state index contributed by atoms with van der Waals surface area (Å²) in [5, 5.41) is 3.39. The molecule has 0 aliphatic carbocycles. The molecule has 0 aromatic carbocycles. The lowest BCUT2D eigenvalue weighted by atomic mass is 10.2. The van der Waals surface area contributed by atoms with Crippen molar-refractivity contribution in [2.75, 3.05) is 6.54 Å². The number of hydrogen-bond acceptors (Lipinski definition) is 4. The molecular weight excluding hydrogens is 299 g/mol. The Morgan fingerprint density at radius 2 is 2.10 bits per heavy atom. The molecule has 0 fully saturated rings. The lowest BCUT2D eigenvalue weighted by molar-refractivity contribution is -0.141. The number of aryl methyl sites for hydroxylation is 1. The van der Waals surface area contributed by atoms with Crippen LogP contribution in [0.5, 0.6) is 0 Å². The summed E-state index contributed by atoms with van der Waals surface area (Å²) >= 11 is 1.08. The van der Waals surface area contributed by atoms with E-state index in [9.17, 15) is 13.2 Å². The van der Waals surface area contributed by atoms with E-state index in [1.165, 1.54) is 0 Å². The molecule has 0 bridgehead atoms. The van der Waals surface area contributed by atoms with Crippen LogP contribution in [0.1, 0.15) is 29.5 Å². The molecule has 0 saturated carbocycles. The normalized spacial score (nSPS) is 11.9. The first kappa shape index (κ1) is 15.9. The van der Waals surface area contributed by atoms with Crippen molar-refractivity contribution in [2.24, 2.45) is 0 Å². The first-order chi connectivity index (χ1) is 9.93. The zero-order chi connectivity index (χ0) is 15.5. The van der Waals surface area contributed by atoms with Crippen LogP contribution in [0, 0.1) is 6.92 Å². The van der Waals surface area contributed by atoms with Crippen molar-refractivity contribution in [3.63, 3.8) is 0 Å². The molecule has 2 rings (SSSR count). The van der Waals surface area contributed by atoms with Gasteiger partial charge in [0.2, 0.25) is 0 Å². The standard InChI is InChI=1S/C14H16F3N3S/c1-3-5-18-8-11-12(14(15,16)17)20-13(21-11)10-4-6-19-7-9(10)2/h4,6-7,18H,3,5,8H2,1-2H3. The average molecular weight is 315 g/mol. The van der Waals surface area contributed by atoms with E-state index in [-0.39, 0.29) is 11.4 Å². The molecule has 7 heteroatoms. The van der Waals surface area contributed by atoms with Crippen LogP contribution in [-0.2, 0) is 12.7 Å². The van der Waals surface area contributed by atoms with Gasteiger partial charge < -0.3 is 5.32 Å². The number of rotatable bonds is 5. The number of thiazole rings is 1. The van der Waals surface area contributed by atoms with Crippen LogP contribution in [0.2, 0.25) is 0 Å². The van der Waals surface area contributed by atoms with Crippen molar-refractivity contribution in [3.8, 4) is 10.6 Å². The topological polar surface area (TPSA) is 37.8 Å². The van der Waals surface area contributed by atoms with Crippen LogP contribution < -0.4 is 5.32 Å². The molecule has 21 heavy (non-hydrogen) atoms. The number of aromatic nitrogens is 2. The van der Waals surface area contributed by atoms with E-state index in [0.717, 1.165) is 23.3 Å². The lowest BCUT2D eigenvalue weighted by Gasteiger charge is -2.06. The van der Waals surface area contributed by atoms with E-state index in [0.29, 0.717) is 17.1 Å². The third-order valence-electron chi connectivity index (χ3n) is 2.93. The summed E-state index contributed by atoms with van der Waals surface area (Å²) in [5.74, 6) is 0. The Balaban J connectivity index is 2.38. The van der Waals surface area contributed by atoms with Gasteiger partial charge in [0, 0.05) is 24.5 Å². The monoisotopic (exact) mass is 315 g/mol. The highest BCUT2D eigenvalue weighted by molar-refractivity contribution is 7.15. The van der Waals surface area contributed by atoms with Gasteiger partial charge in [-0.05, 0) is 31.5 Å². The maximum atomic E-state index is 13.1. The molecule has 0 aliphatic rings. The van der Waals surface area contributed by atoms with Crippen LogP contribution in [0.15, 0.2) is 18.5 Å². The number of halogens is 3. The molecule has 2 heterocycles. The quantitative estimate of drug-likeness (QED) is 0.847. The maximum absolute atomic E-state index is 13.1. The minimum Gasteiger partial charge on any atom is -0.312 e. The zero-order valence-corrected chi connectivity index (χ0v) is 12.6. The van der Waals surface area contributed by atoms with Gasteiger partial charge in [-0.1, -0.05) is 6.92 Å². The van der Waals surface area contributed by atoms with Gasteiger partial charge in [-0.2, -0.15) is 13.2 Å². The second-order valence-corrected chi connectivity index (χ2v) is 5.74. The molecule has 2 aromatic heterocycles. The van der Waals surface area contributed by atoms with Crippen LogP contribution in [-0.4, -0.2) is 16.5 Å². The number of nitrogens with one attached hydrogen (secondary N) is 1.